The molecule has 0 fully saturated rings. The monoisotopic (exact) mass is 300 g/mol. The number of phenols is 1. The molecule has 0 spiro atoms. The third-order valence-electron chi connectivity index (χ3n) is 3.10. The quantitative estimate of drug-likeness (QED) is 0.879. The molecule has 0 aliphatic carbocycles. The predicted molar refractivity (Wildman–Crippen MR) is 80.8 cm³/mol. The van der Waals surface area contributed by atoms with Gasteiger partial charge in [-0.15, -0.1) is 0 Å². The fourth-order valence-corrected chi connectivity index (χ4v) is 2.12. The number of ether oxygens (including phenoxy) is 2. The largest absolute Gasteiger partial charge is 0.507 e. The minimum absolute atomic E-state index is 0.0155. The van der Waals surface area contributed by atoms with Crippen LogP contribution in [0.3, 0.4) is 0 Å². The molecule has 0 bridgehead atoms. The lowest BCUT2D eigenvalue weighted by atomic mass is 9.96. The Labute approximate surface area is 128 Å². The summed E-state index contributed by atoms with van der Waals surface area (Å²) in [6.45, 7) is 1.91. The minimum Gasteiger partial charge on any atom is -0.507 e. The van der Waals surface area contributed by atoms with Gasteiger partial charge in [-0.05, 0) is 24.6 Å². The maximum Gasteiger partial charge on any atom is 0.342 e. The summed E-state index contributed by atoms with van der Waals surface area (Å²) >= 11 is 0. The van der Waals surface area contributed by atoms with Gasteiger partial charge in [-0.3, -0.25) is 0 Å². The molecule has 0 aromatic heterocycles. The summed E-state index contributed by atoms with van der Waals surface area (Å²) < 4.78 is 9.65. The van der Waals surface area contributed by atoms with Crippen molar-refractivity contribution in [3.63, 3.8) is 0 Å². The number of carbonyl (C=O) groups is 2. The van der Waals surface area contributed by atoms with Gasteiger partial charge in [0.05, 0.1) is 19.3 Å². The van der Waals surface area contributed by atoms with Crippen LogP contribution in [0.1, 0.15) is 27.6 Å². The number of hydrogen-bond donors (Lipinski definition) is 1. The van der Waals surface area contributed by atoms with Crippen molar-refractivity contribution in [3.8, 4) is 16.9 Å². The maximum absolute atomic E-state index is 11.9. The second-order valence-electron chi connectivity index (χ2n) is 4.50. The van der Waals surface area contributed by atoms with Gasteiger partial charge in [-0.1, -0.05) is 30.3 Å². The van der Waals surface area contributed by atoms with Crippen molar-refractivity contribution in [1.82, 2.24) is 0 Å². The molecule has 2 rings (SSSR count). The summed E-state index contributed by atoms with van der Waals surface area (Å²) in [5, 5.41) is 10.1. The second kappa shape index (κ2) is 6.76. The van der Waals surface area contributed by atoms with Crippen molar-refractivity contribution in [3.05, 3.63) is 53.6 Å². The summed E-state index contributed by atoms with van der Waals surface area (Å²) in [6.07, 6.45) is 0. The summed E-state index contributed by atoms with van der Waals surface area (Å²) in [7, 11) is 1.23. The number of hydrogen-bond acceptors (Lipinski definition) is 5. The molecular weight excluding hydrogens is 284 g/mol. The van der Waals surface area contributed by atoms with Crippen LogP contribution in [0.5, 0.6) is 5.75 Å². The average molecular weight is 300 g/mol. The SMILES string of the molecule is CCOC(=O)c1cc(O)c(C(=O)OC)c(-c2ccccc2)c1. The number of esters is 2. The van der Waals surface area contributed by atoms with Crippen LogP contribution in [0.2, 0.25) is 0 Å². The Morgan fingerprint density at radius 3 is 2.36 bits per heavy atom. The highest BCUT2D eigenvalue weighted by Crippen LogP contribution is 2.32. The van der Waals surface area contributed by atoms with E-state index in [1.807, 2.05) is 6.07 Å². The van der Waals surface area contributed by atoms with Crippen LogP contribution < -0.4 is 0 Å². The van der Waals surface area contributed by atoms with E-state index in [0.717, 1.165) is 0 Å². The van der Waals surface area contributed by atoms with Crippen molar-refractivity contribution in [2.75, 3.05) is 13.7 Å². The Morgan fingerprint density at radius 2 is 1.77 bits per heavy atom. The first-order chi connectivity index (χ1) is 10.6. The second-order valence-corrected chi connectivity index (χ2v) is 4.50. The topological polar surface area (TPSA) is 72.8 Å². The molecule has 0 saturated heterocycles. The summed E-state index contributed by atoms with van der Waals surface area (Å²) in [5.41, 5.74) is 1.28. The molecule has 0 saturated carbocycles. The number of phenolic OH excluding ortho intramolecular Hbond substituents is 1. The third kappa shape index (κ3) is 3.09. The highest BCUT2D eigenvalue weighted by atomic mass is 16.5. The zero-order valence-electron chi connectivity index (χ0n) is 12.3. The molecule has 114 valence electrons. The molecule has 0 aliphatic rings. The lowest BCUT2D eigenvalue weighted by Crippen LogP contribution is -2.09. The molecule has 5 nitrogen and oxygen atoms in total. The molecule has 22 heavy (non-hydrogen) atoms. The molecular formula is C17H16O5. The molecule has 0 radical (unpaired) electrons. The first-order valence-corrected chi connectivity index (χ1v) is 6.76. The molecule has 1 N–H and O–H groups in total. The van der Waals surface area contributed by atoms with Crippen LogP contribution in [0, 0.1) is 0 Å². The molecule has 0 heterocycles. The summed E-state index contributed by atoms with van der Waals surface area (Å²) in [4.78, 5) is 23.8. The Kier molecular flexibility index (Phi) is 4.78. The fourth-order valence-electron chi connectivity index (χ4n) is 2.12. The van der Waals surface area contributed by atoms with Gasteiger partial charge in [0, 0.05) is 5.56 Å². The molecule has 5 heteroatoms. The Balaban J connectivity index is 2.65. The summed E-state index contributed by atoms with van der Waals surface area (Å²) in [6, 6.07) is 11.7. The van der Waals surface area contributed by atoms with Gasteiger partial charge in [0.25, 0.3) is 0 Å². The zero-order chi connectivity index (χ0) is 16.1. The average Bonchev–Trinajstić information content (AvgIpc) is 2.54. The van der Waals surface area contributed by atoms with E-state index in [1.54, 1.807) is 31.2 Å². The van der Waals surface area contributed by atoms with Crippen LogP contribution in [-0.4, -0.2) is 30.8 Å². The summed E-state index contributed by atoms with van der Waals surface area (Å²) in [5.74, 6) is -1.56. The first-order valence-electron chi connectivity index (χ1n) is 6.76. The Morgan fingerprint density at radius 1 is 1.09 bits per heavy atom. The van der Waals surface area contributed by atoms with E-state index in [4.69, 9.17) is 9.47 Å². The Hall–Kier alpha value is -2.82. The van der Waals surface area contributed by atoms with Gasteiger partial charge in [0.2, 0.25) is 0 Å². The van der Waals surface area contributed by atoms with Gasteiger partial charge in [0.1, 0.15) is 11.3 Å². The number of methoxy groups -OCH3 is 1. The minimum atomic E-state index is -0.674. The number of aromatic hydroxyl groups is 1. The lowest BCUT2D eigenvalue weighted by Gasteiger charge is -2.12. The van der Waals surface area contributed by atoms with E-state index < -0.39 is 11.9 Å². The lowest BCUT2D eigenvalue weighted by molar-refractivity contribution is 0.0523. The smallest absolute Gasteiger partial charge is 0.342 e. The molecule has 0 atom stereocenters. The van der Waals surface area contributed by atoms with E-state index in [9.17, 15) is 14.7 Å². The van der Waals surface area contributed by atoms with Crippen LogP contribution in [0.25, 0.3) is 11.1 Å². The molecule has 0 unspecified atom stereocenters. The van der Waals surface area contributed by atoms with Gasteiger partial charge < -0.3 is 14.6 Å². The predicted octanol–water partition coefficient (Wildman–Crippen LogP) is 3.02. The van der Waals surface area contributed by atoms with E-state index in [2.05, 4.69) is 0 Å². The normalized spacial score (nSPS) is 10.1. The zero-order valence-corrected chi connectivity index (χ0v) is 12.3. The highest BCUT2D eigenvalue weighted by molar-refractivity contribution is 6.03. The maximum atomic E-state index is 11.9. The van der Waals surface area contributed by atoms with Gasteiger partial charge in [0.15, 0.2) is 0 Å². The van der Waals surface area contributed by atoms with Crippen LogP contribution in [0.15, 0.2) is 42.5 Å². The van der Waals surface area contributed by atoms with Crippen molar-refractivity contribution in [2.24, 2.45) is 0 Å². The number of carbonyl (C=O) groups excluding carboxylic acids is 2. The molecule has 0 amide bonds. The highest BCUT2D eigenvalue weighted by Gasteiger charge is 2.22. The van der Waals surface area contributed by atoms with Crippen molar-refractivity contribution >= 4 is 11.9 Å². The van der Waals surface area contributed by atoms with Crippen molar-refractivity contribution in [2.45, 2.75) is 6.92 Å². The van der Waals surface area contributed by atoms with E-state index in [1.165, 1.54) is 19.2 Å². The molecule has 2 aromatic carbocycles. The van der Waals surface area contributed by atoms with Gasteiger partial charge in [-0.25, -0.2) is 9.59 Å². The number of benzene rings is 2. The first kappa shape index (κ1) is 15.6. The Bertz CT molecular complexity index is 692. The standard InChI is InChI=1S/C17H16O5/c1-3-22-16(19)12-9-13(11-7-5-4-6-8-11)15(14(18)10-12)17(20)21-2/h4-10,18H,3H2,1-2H3. The molecule has 2 aromatic rings. The van der Waals surface area contributed by atoms with Crippen molar-refractivity contribution < 1.29 is 24.2 Å². The van der Waals surface area contributed by atoms with Crippen LogP contribution >= 0.6 is 0 Å². The third-order valence-corrected chi connectivity index (χ3v) is 3.10. The van der Waals surface area contributed by atoms with Gasteiger partial charge >= 0.3 is 11.9 Å². The fraction of sp³-hybridized carbons (Fsp3) is 0.176. The molecule has 0 aliphatic heterocycles. The van der Waals surface area contributed by atoms with Crippen molar-refractivity contribution in [1.29, 1.82) is 0 Å². The van der Waals surface area contributed by atoms with E-state index in [0.29, 0.717) is 11.1 Å². The van der Waals surface area contributed by atoms with Gasteiger partial charge in [-0.2, -0.15) is 0 Å². The van der Waals surface area contributed by atoms with Crippen LogP contribution in [-0.2, 0) is 9.47 Å². The van der Waals surface area contributed by atoms with Crippen LogP contribution in [0.4, 0.5) is 0 Å². The van der Waals surface area contributed by atoms with E-state index >= 15 is 0 Å². The number of rotatable bonds is 4. The van der Waals surface area contributed by atoms with E-state index in [-0.39, 0.29) is 23.5 Å².